The topological polar surface area (TPSA) is 41.8 Å². The van der Waals surface area contributed by atoms with Crippen LogP contribution in [-0.2, 0) is 0 Å². The number of nitrogens with zero attached hydrogens (tertiary/aromatic N) is 2. The average molecular weight is 236 g/mol. The lowest BCUT2D eigenvalue weighted by Gasteiger charge is -2.04. The summed E-state index contributed by atoms with van der Waals surface area (Å²) in [5, 5.41) is 0. The summed E-state index contributed by atoms with van der Waals surface area (Å²) >= 11 is 0. The van der Waals surface area contributed by atoms with Gasteiger partial charge in [-0.2, -0.15) is 0 Å². The Morgan fingerprint density at radius 1 is 0.833 bits per heavy atom. The number of hydrogen-bond acceptors (Lipinski definition) is 3. The molecule has 0 heterocycles. The van der Waals surface area contributed by atoms with Crippen LogP contribution in [0.3, 0.4) is 0 Å². The molecule has 0 aliphatic rings. The molecule has 0 spiro atoms. The zero-order valence-corrected chi connectivity index (χ0v) is 9.84. The zero-order valence-electron chi connectivity index (χ0n) is 9.84. The third-order valence-corrected chi connectivity index (χ3v) is 2.61. The summed E-state index contributed by atoms with van der Waals surface area (Å²) in [6, 6.07) is 14.2. The van der Waals surface area contributed by atoms with E-state index in [1.54, 1.807) is 30.3 Å². The molecule has 0 fully saturated rings. The van der Waals surface area contributed by atoms with Gasteiger partial charge in [0, 0.05) is 11.1 Å². The van der Waals surface area contributed by atoms with Crippen molar-refractivity contribution in [3.05, 3.63) is 59.7 Å². The van der Waals surface area contributed by atoms with Gasteiger partial charge in [-0.15, -0.1) is 0 Å². The maximum absolute atomic E-state index is 12.2. The predicted octanol–water partition coefficient (Wildman–Crippen LogP) is 3.58. The van der Waals surface area contributed by atoms with Gasteiger partial charge in [-0.1, -0.05) is 30.3 Å². The van der Waals surface area contributed by atoms with E-state index in [2.05, 4.69) is 23.4 Å². The molecule has 0 aliphatic carbocycles. The standard InChI is InChI=1S/C15H12N2O/c1-16-13-9-8-12(10-14(13)17-2)15(18)11-6-4-3-5-7-11/h3-10H,1-2H2. The van der Waals surface area contributed by atoms with Gasteiger partial charge in [0.1, 0.15) is 0 Å². The van der Waals surface area contributed by atoms with Gasteiger partial charge in [0.15, 0.2) is 5.78 Å². The monoisotopic (exact) mass is 236 g/mol. The molecule has 18 heavy (non-hydrogen) atoms. The van der Waals surface area contributed by atoms with Gasteiger partial charge in [0.25, 0.3) is 0 Å². The van der Waals surface area contributed by atoms with Crippen molar-refractivity contribution in [3.8, 4) is 0 Å². The van der Waals surface area contributed by atoms with Crippen LogP contribution in [0.1, 0.15) is 15.9 Å². The predicted molar refractivity (Wildman–Crippen MR) is 74.7 cm³/mol. The average Bonchev–Trinajstić information content (AvgIpc) is 2.46. The Morgan fingerprint density at radius 3 is 2.11 bits per heavy atom. The van der Waals surface area contributed by atoms with Crippen molar-refractivity contribution >= 4 is 30.6 Å². The molecule has 0 atom stereocenters. The molecule has 0 aliphatic heterocycles. The molecule has 0 saturated carbocycles. The van der Waals surface area contributed by atoms with Crippen molar-refractivity contribution in [2.45, 2.75) is 0 Å². The Morgan fingerprint density at radius 2 is 1.50 bits per heavy atom. The Bertz CT molecular complexity index is 603. The van der Waals surface area contributed by atoms with Crippen molar-refractivity contribution in [3.63, 3.8) is 0 Å². The Hall–Kier alpha value is -2.55. The number of carbonyl (C=O) groups is 1. The third-order valence-electron chi connectivity index (χ3n) is 2.61. The second-order valence-corrected chi connectivity index (χ2v) is 3.71. The van der Waals surface area contributed by atoms with Gasteiger partial charge >= 0.3 is 0 Å². The first-order valence-electron chi connectivity index (χ1n) is 5.43. The van der Waals surface area contributed by atoms with E-state index in [0.29, 0.717) is 22.5 Å². The molecule has 3 heteroatoms. The molecule has 2 aromatic rings. The van der Waals surface area contributed by atoms with Crippen molar-refractivity contribution < 1.29 is 4.79 Å². The first-order valence-corrected chi connectivity index (χ1v) is 5.43. The maximum atomic E-state index is 12.2. The summed E-state index contributed by atoms with van der Waals surface area (Å²) in [6.07, 6.45) is 0. The van der Waals surface area contributed by atoms with Gasteiger partial charge < -0.3 is 0 Å². The van der Waals surface area contributed by atoms with E-state index in [1.165, 1.54) is 0 Å². The van der Waals surface area contributed by atoms with Gasteiger partial charge in [-0.05, 0) is 31.6 Å². The highest BCUT2D eigenvalue weighted by molar-refractivity contribution is 6.09. The molecular weight excluding hydrogens is 224 g/mol. The Labute approximate surface area is 106 Å². The molecule has 0 saturated heterocycles. The first-order chi connectivity index (χ1) is 8.76. The number of aliphatic imine (C=N–C) groups is 2. The molecule has 0 amide bonds. The smallest absolute Gasteiger partial charge is 0.193 e. The van der Waals surface area contributed by atoms with Crippen LogP contribution in [0.2, 0.25) is 0 Å². The van der Waals surface area contributed by atoms with Crippen LogP contribution in [0.15, 0.2) is 58.5 Å². The van der Waals surface area contributed by atoms with E-state index >= 15 is 0 Å². The van der Waals surface area contributed by atoms with Crippen molar-refractivity contribution in [1.29, 1.82) is 0 Å². The summed E-state index contributed by atoms with van der Waals surface area (Å²) in [7, 11) is 0. The van der Waals surface area contributed by atoms with E-state index in [0.717, 1.165) is 0 Å². The molecule has 0 aromatic heterocycles. The van der Waals surface area contributed by atoms with Crippen LogP contribution >= 0.6 is 0 Å². The number of ketones is 1. The second kappa shape index (κ2) is 5.19. The van der Waals surface area contributed by atoms with Crippen LogP contribution in [-0.4, -0.2) is 19.2 Å². The van der Waals surface area contributed by atoms with Gasteiger partial charge in [-0.3, -0.25) is 14.8 Å². The van der Waals surface area contributed by atoms with Crippen molar-refractivity contribution in [2.24, 2.45) is 9.98 Å². The summed E-state index contributed by atoms with van der Waals surface area (Å²) < 4.78 is 0. The highest BCUT2D eigenvalue weighted by Crippen LogP contribution is 2.28. The zero-order chi connectivity index (χ0) is 13.0. The lowest BCUT2D eigenvalue weighted by atomic mass is 10.0. The third kappa shape index (κ3) is 2.25. The Kier molecular flexibility index (Phi) is 3.44. The fourth-order valence-electron chi connectivity index (χ4n) is 1.68. The molecule has 0 bridgehead atoms. The quantitative estimate of drug-likeness (QED) is 0.591. The fourth-order valence-corrected chi connectivity index (χ4v) is 1.68. The lowest BCUT2D eigenvalue weighted by molar-refractivity contribution is 0.103. The van der Waals surface area contributed by atoms with E-state index < -0.39 is 0 Å². The normalized spacial score (nSPS) is 9.78. The fraction of sp³-hybridized carbons (Fsp3) is 0. The molecule has 2 aromatic carbocycles. The largest absolute Gasteiger partial charge is 0.289 e. The van der Waals surface area contributed by atoms with Crippen molar-refractivity contribution in [1.82, 2.24) is 0 Å². The van der Waals surface area contributed by atoms with Crippen LogP contribution < -0.4 is 0 Å². The Balaban J connectivity index is 2.43. The highest BCUT2D eigenvalue weighted by Gasteiger charge is 2.10. The van der Waals surface area contributed by atoms with E-state index in [-0.39, 0.29) is 5.78 Å². The van der Waals surface area contributed by atoms with E-state index in [4.69, 9.17) is 0 Å². The van der Waals surface area contributed by atoms with Crippen LogP contribution in [0, 0.1) is 0 Å². The van der Waals surface area contributed by atoms with Crippen LogP contribution in [0.4, 0.5) is 11.4 Å². The summed E-state index contributed by atoms with van der Waals surface area (Å²) in [5.74, 6) is -0.0453. The first kappa shape index (κ1) is 11.9. The minimum Gasteiger partial charge on any atom is -0.289 e. The summed E-state index contributed by atoms with van der Waals surface area (Å²) in [5.41, 5.74) is 2.39. The van der Waals surface area contributed by atoms with Gasteiger partial charge in [0.2, 0.25) is 0 Å². The molecular formula is C15H12N2O. The number of benzene rings is 2. The molecule has 0 radical (unpaired) electrons. The lowest BCUT2D eigenvalue weighted by Crippen LogP contribution is -2.00. The molecule has 0 N–H and O–H groups in total. The second-order valence-electron chi connectivity index (χ2n) is 3.71. The van der Waals surface area contributed by atoms with Gasteiger partial charge in [-0.25, -0.2) is 0 Å². The molecule has 2 rings (SSSR count). The number of carbonyl (C=O) groups excluding carboxylic acids is 1. The summed E-state index contributed by atoms with van der Waals surface area (Å²) in [4.78, 5) is 19.9. The molecule has 3 nitrogen and oxygen atoms in total. The maximum Gasteiger partial charge on any atom is 0.193 e. The molecule has 0 unspecified atom stereocenters. The summed E-state index contributed by atoms with van der Waals surface area (Å²) in [6.45, 7) is 6.91. The number of rotatable bonds is 4. The molecule has 88 valence electrons. The van der Waals surface area contributed by atoms with E-state index in [1.807, 2.05) is 18.2 Å². The van der Waals surface area contributed by atoms with Crippen molar-refractivity contribution in [2.75, 3.05) is 0 Å². The number of hydrogen-bond donors (Lipinski definition) is 0. The van der Waals surface area contributed by atoms with Crippen LogP contribution in [0.5, 0.6) is 0 Å². The van der Waals surface area contributed by atoms with Crippen LogP contribution in [0.25, 0.3) is 0 Å². The van der Waals surface area contributed by atoms with Gasteiger partial charge in [0.05, 0.1) is 11.4 Å². The van der Waals surface area contributed by atoms with E-state index in [9.17, 15) is 4.79 Å². The SMILES string of the molecule is C=Nc1ccc(C(=O)c2ccccc2)cc1N=C. The highest BCUT2D eigenvalue weighted by atomic mass is 16.1. The minimum absolute atomic E-state index is 0.0453. The minimum atomic E-state index is -0.0453.